The Balaban J connectivity index is 0.00000529. The molecule has 5 nitrogen and oxygen atoms in total. The van der Waals surface area contributed by atoms with Crippen molar-refractivity contribution >= 4 is 47.2 Å². The second-order valence-electron chi connectivity index (χ2n) is 6.87. The van der Waals surface area contributed by atoms with Crippen LogP contribution in [-0.2, 0) is 10.2 Å². The minimum atomic E-state index is -0.492. The smallest absolute Gasteiger partial charge is 0.227 e. The van der Waals surface area contributed by atoms with Crippen molar-refractivity contribution in [3.8, 4) is 0 Å². The van der Waals surface area contributed by atoms with E-state index >= 15 is 0 Å². The van der Waals surface area contributed by atoms with Crippen molar-refractivity contribution < 1.29 is 4.79 Å². The van der Waals surface area contributed by atoms with E-state index < -0.39 is 5.41 Å². The minimum Gasteiger partial charge on any atom is -0.359 e. The Morgan fingerprint density at radius 3 is 2.42 bits per heavy atom. The molecule has 0 atom stereocenters. The van der Waals surface area contributed by atoms with Crippen LogP contribution in [-0.4, -0.2) is 38.5 Å². The molecule has 138 valence electrons. The first kappa shape index (κ1) is 23.2. The van der Waals surface area contributed by atoms with Crippen LogP contribution >= 0.6 is 35.3 Å². The van der Waals surface area contributed by atoms with E-state index in [1.165, 1.54) is 4.88 Å². The van der Waals surface area contributed by atoms with Gasteiger partial charge in [0.05, 0.1) is 12.0 Å². The van der Waals surface area contributed by atoms with Crippen molar-refractivity contribution in [1.29, 1.82) is 0 Å². The van der Waals surface area contributed by atoms with Gasteiger partial charge in [-0.2, -0.15) is 0 Å². The predicted molar refractivity (Wildman–Crippen MR) is 115 cm³/mol. The minimum absolute atomic E-state index is 0. The van der Waals surface area contributed by atoms with E-state index in [9.17, 15) is 4.79 Å². The second kappa shape index (κ2) is 10.2. The topological polar surface area (TPSA) is 65.5 Å². The maximum absolute atomic E-state index is 11.9. The Hall–Kier alpha value is -0.830. The third kappa shape index (κ3) is 6.96. The highest BCUT2D eigenvalue weighted by Crippen LogP contribution is 2.27. The SMILES string of the molecule is CCNC(=NCC(C)(C)c1cccs1)NCC(C)(C)C(=O)NC.I. The number of hydrogen-bond donors (Lipinski definition) is 3. The fraction of sp³-hybridized carbons (Fsp3) is 0.647. The van der Waals surface area contributed by atoms with E-state index in [1.54, 1.807) is 18.4 Å². The number of halogens is 1. The summed E-state index contributed by atoms with van der Waals surface area (Å²) < 4.78 is 0. The summed E-state index contributed by atoms with van der Waals surface area (Å²) in [4.78, 5) is 17.9. The molecule has 7 heteroatoms. The van der Waals surface area contributed by atoms with Crippen LogP contribution in [0.3, 0.4) is 0 Å². The maximum Gasteiger partial charge on any atom is 0.227 e. The number of rotatable bonds is 7. The van der Waals surface area contributed by atoms with E-state index in [0.29, 0.717) is 13.1 Å². The molecule has 0 unspecified atom stereocenters. The Morgan fingerprint density at radius 1 is 1.25 bits per heavy atom. The van der Waals surface area contributed by atoms with Gasteiger partial charge in [-0.1, -0.05) is 19.9 Å². The summed E-state index contributed by atoms with van der Waals surface area (Å²) in [7, 11) is 1.66. The molecule has 1 rings (SSSR count). The number of amides is 1. The summed E-state index contributed by atoms with van der Waals surface area (Å²) in [5.41, 5.74) is -0.499. The highest BCUT2D eigenvalue weighted by atomic mass is 127. The monoisotopic (exact) mass is 466 g/mol. The zero-order valence-corrected chi connectivity index (χ0v) is 18.7. The zero-order chi connectivity index (χ0) is 17.5. The quantitative estimate of drug-likeness (QED) is 0.329. The van der Waals surface area contributed by atoms with Crippen LogP contribution in [0.25, 0.3) is 0 Å². The standard InChI is InChI=1S/C17H30N4OS.HI/c1-7-19-15(21-12-17(4,5)14(22)18-6)20-11-16(2,3)13-9-8-10-23-13;/h8-10H,7,11-12H2,1-6H3,(H,18,22)(H2,19,20,21);1H. The maximum atomic E-state index is 11.9. The van der Waals surface area contributed by atoms with Gasteiger partial charge < -0.3 is 16.0 Å². The Labute approximate surface area is 167 Å². The van der Waals surface area contributed by atoms with E-state index in [4.69, 9.17) is 4.99 Å². The molecular formula is C17H31IN4OS. The second-order valence-corrected chi connectivity index (χ2v) is 7.82. The van der Waals surface area contributed by atoms with Gasteiger partial charge in [-0.05, 0) is 32.2 Å². The van der Waals surface area contributed by atoms with Crippen molar-refractivity contribution in [3.63, 3.8) is 0 Å². The molecule has 0 aliphatic heterocycles. The molecule has 0 saturated carbocycles. The summed E-state index contributed by atoms with van der Waals surface area (Å²) >= 11 is 1.76. The predicted octanol–water partition coefficient (Wildman–Crippen LogP) is 2.97. The normalized spacial score (nSPS) is 12.3. The number of hydrogen-bond acceptors (Lipinski definition) is 3. The number of thiophene rings is 1. The lowest BCUT2D eigenvalue weighted by Crippen LogP contribution is -2.47. The highest BCUT2D eigenvalue weighted by Gasteiger charge is 2.27. The Bertz CT molecular complexity index is 527. The summed E-state index contributed by atoms with van der Waals surface area (Å²) in [5, 5.41) is 11.3. The molecule has 0 aromatic carbocycles. The number of guanidine groups is 1. The van der Waals surface area contributed by atoms with Gasteiger partial charge in [-0.3, -0.25) is 9.79 Å². The largest absolute Gasteiger partial charge is 0.359 e. The van der Waals surface area contributed by atoms with Crippen LogP contribution in [0.5, 0.6) is 0 Å². The molecule has 1 aromatic rings. The molecule has 0 fully saturated rings. The Morgan fingerprint density at radius 2 is 1.92 bits per heavy atom. The zero-order valence-electron chi connectivity index (χ0n) is 15.5. The van der Waals surface area contributed by atoms with Crippen molar-refractivity contribution in [2.45, 2.75) is 40.0 Å². The van der Waals surface area contributed by atoms with Crippen molar-refractivity contribution in [1.82, 2.24) is 16.0 Å². The first-order valence-electron chi connectivity index (χ1n) is 8.01. The van der Waals surface area contributed by atoms with Gasteiger partial charge in [0.15, 0.2) is 5.96 Å². The lowest BCUT2D eigenvalue weighted by atomic mass is 9.92. The van der Waals surface area contributed by atoms with Gasteiger partial charge in [0.25, 0.3) is 0 Å². The number of carbonyl (C=O) groups excluding carboxylic acids is 1. The molecule has 1 heterocycles. The molecule has 0 aliphatic carbocycles. The van der Waals surface area contributed by atoms with Gasteiger partial charge in [-0.15, -0.1) is 35.3 Å². The van der Waals surface area contributed by atoms with Crippen LogP contribution < -0.4 is 16.0 Å². The molecule has 0 bridgehead atoms. The van der Waals surface area contributed by atoms with Crippen molar-refractivity contribution in [2.24, 2.45) is 10.4 Å². The molecule has 0 saturated heterocycles. The Kier molecular flexibility index (Phi) is 9.87. The first-order valence-corrected chi connectivity index (χ1v) is 8.89. The average molecular weight is 466 g/mol. The van der Waals surface area contributed by atoms with Crippen LogP contribution in [0.15, 0.2) is 22.5 Å². The van der Waals surface area contributed by atoms with Crippen molar-refractivity contribution in [2.75, 3.05) is 26.7 Å². The summed E-state index contributed by atoms with van der Waals surface area (Å²) in [6.07, 6.45) is 0. The molecule has 3 N–H and O–H groups in total. The van der Waals surface area contributed by atoms with Gasteiger partial charge in [0.2, 0.25) is 5.91 Å². The number of nitrogens with zero attached hydrogens (tertiary/aromatic N) is 1. The van der Waals surface area contributed by atoms with E-state index in [0.717, 1.165) is 12.5 Å². The third-order valence-corrected chi connectivity index (χ3v) is 4.94. The number of carbonyl (C=O) groups is 1. The number of aliphatic imine (C=N–C) groups is 1. The van der Waals surface area contributed by atoms with E-state index in [1.807, 2.05) is 20.8 Å². The molecule has 1 amide bonds. The van der Waals surface area contributed by atoms with Crippen LogP contribution in [0.2, 0.25) is 0 Å². The molecule has 1 aromatic heterocycles. The number of nitrogens with one attached hydrogen (secondary N) is 3. The molecule has 0 radical (unpaired) electrons. The fourth-order valence-corrected chi connectivity index (χ4v) is 2.93. The van der Waals surface area contributed by atoms with Gasteiger partial charge >= 0.3 is 0 Å². The molecule has 0 aliphatic rings. The van der Waals surface area contributed by atoms with Crippen LogP contribution in [0.1, 0.15) is 39.5 Å². The van der Waals surface area contributed by atoms with Gasteiger partial charge in [0.1, 0.15) is 0 Å². The van der Waals surface area contributed by atoms with Crippen LogP contribution in [0, 0.1) is 5.41 Å². The summed E-state index contributed by atoms with van der Waals surface area (Å²) in [6.45, 7) is 12.2. The van der Waals surface area contributed by atoms with Crippen molar-refractivity contribution in [3.05, 3.63) is 22.4 Å². The van der Waals surface area contributed by atoms with E-state index in [2.05, 4.69) is 47.3 Å². The molecular weight excluding hydrogens is 435 g/mol. The first-order chi connectivity index (χ1) is 10.7. The third-order valence-electron chi connectivity index (χ3n) is 3.70. The lowest BCUT2D eigenvalue weighted by Gasteiger charge is -2.25. The average Bonchev–Trinajstić information content (AvgIpc) is 3.04. The van der Waals surface area contributed by atoms with Gasteiger partial charge in [0, 0.05) is 30.4 Å². The molecule has 24 heavy (non-hydrogen) atoms. The lowest BCUT2D eigenvalue weighted by molar-refractivity contribution is -0.128. The van der Waals surface area contributed by atoms with E-state index in [-0.39, 0.29) is 35.3 Å². The fourth-order valence-electron chi connectivity index (χ4n) is 2.08. The summed E-state index contributed by atoms with van der Waals surface area (Å²) in [5.74, 6) is 0.758. The van der Waals surface area contributed by atoms with Crippen LogP contribution in [0.4, 0.5) is 0 Å². The summed E-state index contributed by atoms with van der Waals surface area (Å²) in [6, 6.07) is 4.22. The highest BCUT2D eigenvalue weighted by molar-refractivity contribution is 14.0. The van der Waals surface area contributed by atoms with Gasteiger partial charge in [-0.25, -0.2) is 0 Å². The molecule has 0 spiro atoms.